The topological polar surface area (TPSA) is 0 Å². The van der Waals surface area contributed by atoms with E-state index in [4.69, 9.17) is 0 Å². The van der Waals surface area contributed by atoms with Gasteiger partial charge in [-0.15, -0.1) is 0 Å². The maximum absolute atomic E-state index is 10.4. The first-order valence-electron chi connectivity index (χ1n) is 1.19. The van der Waals surface area contributed by atoms with E-state index in [1.807, 2.05) is 0 Å². The molecule has 0 nitrogen and oxygen atoms in total. The van der Waals surface area contributed by atoms with Crippen LogP contribution >= 0.6 is 0 Å². The minimum absolute atomic E-state index is 0. The average molecular weight is 150 g/mol. The van der Waals surface area contributed by atoms with Crippen LogP contribution in [0.4, 0.5) is 17.6 Å². The maximum atomic E-state index is 10.4. The predicted octanol–water partition coefficient (Wildman–Crippen LogP) is 0.221. The van der Waals surface area contributed by atoms with E-state index in [0.717, 1.165) is 0 Å². The van der Waals surface area contributed by atoms with Crippen LogP contribution in [0.2, 0.25) is 0 Å². The molecule has 6 heteroatoms. The Bertz CT molecular complexity index is 41.8. The van der Waals surface area contributed by atoms with Crippen molar-refractivity contribution in [1.82, 2.24) is 0 Å². The Morgan fingerprint density at radius 1 is 1.00 bits per heavy atom. The summed E-state index contributed by atoms with van der Waals surface area (Å²) in [5.74, 6) is 0. The average Bonchev–Trinajstić information content (AvgIpc) is 1.35. The molecule has 0 amide bonds. The molecule has 0 rings (SSSR count). The standard InChI is InChI=1S/C2H2F4.2Na.2H/c3-1-2(4,5)6;;;;/h1H2;;;;. The predicted molar refractivity (Wildman–Crippen MR) is 26.3 cm³/mol. The third kappa shape index (κ3) is 15.6. The van der Waals surface area contributed by atoms with Crippen LogP contribution in [0.15, 0.2) is 0 Å². The summed E-state index contributed by atoms with van der Waals surface area (Å²) in [5.41, 5.74) is 0. The zero-order valence-corrected chi connectivity index (χ0v) is 2.72. The molecule has 0 saturated heterocycles. The molecular formula is C2H4F4Na2. The molecule has 0 fully saturated rings. The normalized spacial score (nSPS) is 9.00. The van der Waals surface area contributed by atoms with Crippen LogP contribution in [0, 0.1) is 0 Å². The second-order valence-electron chi connectivity index (χ2n) is 0.749. The van der Waals surface area contributed by atoms with Gasteiger partial charge in [0.1, 0.15) is 0 Å². The Morgan fingerprint density at radius 3 is 1.12 bits per heavy atom. The van der Waals surface area contributed by atoms with E-state index < -0.39 is 12.9 Å². The quantitative estimate of drug-likeness (QED) is 0.342. The SMILES string of the molecule is FCC(F)(F)F.[NaH].[NaH]. The molecule has 0 aliphatic heterocycles. The van der Waals surface area contributed by atoms with Gasteiger partial charge in [-0.1, -0.05) is 0 Å². The molecule has 42 valence electrons. The van der Waals surface area contributed by atoms with Gasteiger partial charge in [0.05, 0.1) is 0 Å². The van der Waals surface area contributed by atoms with Gasteiger partial charge in [0.25, 0.3) is 0 Å². The van der Waals surface area contributed by atoms with Crippen molar-refractivity contribution < 1.29 is 17.6 Å². The molecule has 0 N–H and O–H groups in total. The van der Waals surface area contributed by atoms with Crippen molar-refractivity contribution in [2.45, 2.75) is 6.18 Å². The summed E-state index contributed by atoms with van der Waals surface area (Å²) in [4.78, 5) is 0. The molecule has 0 aromatic heterocycles. The fourth-order valence-corrected chi connectivity index (χ4v) is 0. The van der Waals surface area contributed by atoms with E-state index in [0.29, 0.717) is 0 Å². The number of rotatable bonds is 0. The van der Waals surface area contributed by atoms with Crippen molar-refractivity contribution in [1.29, 1.82) is 0 Å². The molecule has 0 radical (unpaired) electrons. The third-order valence-corrected chi connectivity index (χ3v) is 0.152. The first kappa shape index (κ1) is 16.4. The molecule has 0 aromatic carbocycles. The van der Waals surface area contributed by atoms with Gasteiger partial charge in [0.15, 0.2) is 6.67 Å². The first-order chi connectivity index (χ1) is 2.56. The summed E-state index contributed by atoms with van der Waals surface area (Å²) in [7, 11) is 0. The summed E-state index contributed by atoms with van der Waals surface area (Å²) in [5, 5.41) is 0. The van der Waals surface area contributed by atoms with Crippen LogP contribution in [-0.4, -0.2) is 72.0 Å². The van der Waals surface area contributed by atoms with E-state index in [1.165, 1.54) is 0 Å². The van der Waals surface area contributed by atoms with E-state index in [2.05, 4.69) is 0 Å². The molecule has 0 bridgehead atoms. The van der Waals surface area contributed by atoms with E-state index in [-0.39, 0.29) is 59.1 Å². The van der Waals surface area contributed by atoms with Gasteiger partial charge in [-0.05, 0) is 0 Å². The van der Waals surface area contributed by atoms with Crippen molar-refractivity contribution in [2.24, 2.45) is 0 Å². The molecule has 0 aliphatic carbocycles. The molecule has 0 aliphatic rings. The minimum atomic E-state index is -4.62. The van der Waals surface area contributed by atoms with Crippen molar-refractivity contribution in [3.05, 3.63) is 0 Å². The van der Waals surface area contributed by atoms with Crippen molar-refractivity contribution >= 4 is 59.1 Å². The van der Waals surface area contributed by atoms with Crippen LogP contribution in [-0.2, 0) is 0 Å². The molecule has 8 heavy (non-hydrogen) atoms. The Labute approximate surface area is 88.6 Å². The molecule has 0 aromatic rings. The summed E-state index contributed by atoms with van der Waals surface area (Å²) in [6.45, 7) is -2.23. The number of halogens is 4. The van der Waals surface area contributed by atoms with Crippen molar-refractivity contribution in [3.63, 3.8) is 0 Å². The van der Waals surface area contributed by atoms with Crippen LogP contribution in [0.1, 0.15) is 0 Å². The van der Waals surface area contributed by atoms with Gasteiger partial charge in [-0.2, -0.15) is 13.2 Å². The first-order valence-corrected chi connectivity index (χ1v) is 1.19. The number of alkyl halides is 4. The second kappa shape index (κ2) is 6.83. The zero-order chi connectivity index (χ0) is 5.21. The Balaban J connectivity index is -0.000000125. The fraction of sp³-hybridized carbons (Fsp3) is 1.00. The second-order valence-corrected chi connectivity index (χ2v) is 0.749. The van der Waals surface area contributed by atoms with E-state index in [1.54, 1.807) is 0 Å². The third-order valence-electron chi connectivity index (χ3n) is 0.152. The van der Waals surface area contributed by atoms with E-state index >= 15 is 0 Å². The van der Waals surface area contributed by atoms with Gasteiger partial charge < -0.3 is 0 Å². The van der Waals surface area contributed by atoms with Gasteiger partial charge in [0.2, 0.25) is 0 Å². The molecule has 0 unspecified atom stereocenters. The summed E-state index contributed by atoms with van der Waals surface area (Å²) >= 11 is 0. The van der Waals surface area contributed by atoms with Crippen LogP contribution in [0.3, 0.4) is 0 Å². The molecule has 0 spiro atoms. The van der Waals surface area contributed by atoms with Crippen LogP contribution in [0.25, 0.3) is 0 Å². The van der Waals surface area contributed by atoms with Crippen LogP contribution in [0.5, 0.6) is 0 Å². The Morgan fingerprint density at radius 2 is 1.12 bits per heavy atom. The zero-order valence-electron chi connectivity index (χ0n) is 2.72. The van der Waals surface area contributed by atoms with Gasteiger partial charge >= 0.3 is 65.3 Å². The van der Waals surface area contributed by atoms with Gasteiger partial charge in [-0.25, -0.2) is 4.39 Å². The molecular weight excluding hydrogens is 146 g/mol. The fourth-order valence-electron chi connectivity index (χ4n) is 0. The summed E-state index contributed by atoms with van der Waals surface area (Å²) in [6.07, 6.45) is -4.62. The van der Waals surface area contributed by atoms with Crippen molar-refractivity contribution in [3.8, 4) is 0 Å². The number of hydrogen-bond donors (Lipinski definition) is 0. The Hall–Kier alpha value is 1.72. The Kier molecular flexibility index (Phi) is 14.0. The number of hydrogen-bond acceptors (Lipinski definition) is 0. The monoisotopic (exact) mass is 150 g/mol. The molecule has 0 heterocycles. The van der Waals surface area contributed by atoms with Crippen molar-refractivity contribution in [2.75, 3.05) is 6.67 Å². The van der Waals surface area contributed by atoms with Gasteiger partial charge in [0, 0.05) is 0 Å². The van der Waals surface area contributed by atoms with E-state index in [9.17, 15) is 17.6 Å². The molecule has 0 atom stereocenters. The van der Waals surface area contributed by atoms with Gasteiger partial charge in [-0.3, -0.25) is 0 Å². The van der Waals surface area contributed by atoms with Crippen LogP contribution < -0.4 is 0 Å². The molecule has 0 saturated carbocycles. The summed E-state index contributed by atoms with van der Waals surface area (Å²) < 4.78 is 41.6. The summed E-state index contributed by atoms with van der Waals surface area (Å²) in [6, 6.07) is 0.